The zero-order valence-corrected chi connectivity index (χ0v) is 29.2. The van der Waals surface area contributed by atoms with Gasteiger partial charge in [0.25, 0.3) is 0 Å². The number of hydrogen-bond donors (Lipinski definition) is 3. The second-order valence-corrected chi connectivity index (χ2v) is 12.6. The van der Waals surface area contributed by atoms with Crippen molar-refractivity contribution >= 4 is 5.91 Å². The normalized spacial score (nSPS) is 13.6. The summed E-state index contributed by atoms with van der Waals surface area (Å²) in [6, 6.07) is -0.574. The minimum atomic E-state index is -0.688. The average molecular weight is 616 g/mol. The molecule has 1 amide bonds. The molecule has 0 aliphatic rings. The van der Waals surface area contributed by atoms with Gasteiger partial charge in [-0.3, -0.25) is 4.79 Å². The van der Waals surface area contributed by atoms with E-state index < -0.39 is 12.1 Å². The standard InChI is InChI=1S/C40H73NO3/c1-3-5-7-9-11-13-15-17-18-19-20-21-22-24-25-27-29-31-33-35-39(43)38(37-42)41-40(44)36-34-32-30-28-26-23-16-14-12-10-8-6-4-2/h6,8,12,14,23,26,30,32,38-39,42-43H,3-5,7,9-11,13,15-22,24-25,27-29,31,33-37H2,1-2H3,(H,41,44)/b8-6-,14-12-,26-23-,32-30-. The predicted molar refractivity (Wildman–Crippen MR) is 193 cm³/mol. The molecule has 0 saturated carbocycles. The molecule has 44 heavy (non-hydrogen) atoms. The van der Waals surface area contributed by atoms with Gasteiger partial charge in [-0.05, 0) is 38.5 Å². The van der Waals surface area contributed by atoms with Crippen LogP contribution in [0.3, 0.4) is 0 Å². The molecule has 3 N–H and O–H groups in total. The summed E-state index contributed by atoms with van der Waals surface area (Å²) < 4.78 is 0. The van der Waals surface area contributed by atoms with E-state index in [-0.39, 0.29) is 12.5 Å². The molecule has 4 nitrogen and oxygen atoms in total. The van der Waals surface area contributed by atoms with Crippen molar-refractivity contribution in [2.24, 2.45) is 0 Å². The van der Waals surface area contributed by atoms with Crippen LogP contribution < -0.4 is 5.32 Å². The van der Waals surface area contributed by atoms with Crippen LogP contribution in [0.25, 0.3) is 0 Å². The number of hydrogen-bond acceptors (Lipinski definition) is 3. The molecule has 2 atom stereocenters. The van der Waals surface area contributed by atoms with Crippen LogP contribution in [-0.2, 0) is 4.79 Å². The molecule has 2 unspecified atom stereocenters. The molecule has 0 rings (SSSR count). The van der Waals surface area contributed by atoms with Crippen molar-refractivity contribution in [2.75, 3.05) is 6.61 Å². The minimum absolute atomic E-state index is 0.112. The number of unbranched alkanes of at least 4 members (excludes halogenated alkanes) is 18. The van der Waals surface area contributed by atoms with Gasteiger partial charge >= 0.3 is 0 Å². The highest BCUT2D eigenvalue weighted by atomic mass is 16.3. The predicted octanol–water partition coefficient (Wildman–Crippen LogP) is 11.2. The van der Waals surface area contributed by atoms with E-state index in [2.05, 4.69) is 61.7 Å². The van der Waals surface area contributed by atoms with Crippen molar-refractivity contribution in [3.8, 4) is 0 Å². The van der Waals surface area contributed by atoms with Gasteiger partial charge in [-0.1, -0.05) is 184 Å². The third-order valence-electron chi connectivity index (χ3n) is 8.37. The number of nitrogens with one attached hydrogen (secondary N) is 1. The van der Waals surface area contributed by atoms with Crippen LogP contribution in [0.1, 0.15) is 181 Å². The first kappa shape index (κ1) is 42.3. The molecule has 0 aliphatic carbocycles. The van der Waals surface area contributed by atoms with Gasteiger partial charge < -0.3 is 15.5 Å². The maximum atomic E-state index is 12.3. The van der Waals surface area contributed by atoms with E-state index in [0.717, 1.165) is 38.5 Å². The lowest BCUT2D eigenvalue weighted by molar-refractivity contribution is -0.123. The number of allylic oxidation sites excluding steroid dienone is 8. The van der Waals surface area contributed by atoms with Gasteiger partial charge in [0, 0.05) is 6.42 Å². The summed E-state index contributed by atoms with van der Waals surface area (Å²) in [5, 5.41) is 23.0. The van der Waals surface area contributed by atoms with Crippen LogP contribution in [0.15, 0.2) is 48.6 Å². The molecule has 0 radical (unpaired) electrons. The summed E-state index contributed by atoms with van der Waals surface area (Å²) in [4.78, 5) is 12.3. The quantitative estimate of drug-likeness (QED) is 0.0508. The van der Waals surface area contributed by atoms with Gasteiger partial charge in [0.2, 0.25) is 5.91 Å². The Morgan fingerprint density at radius 1 is 0.568 bits per heavy atom. The molecule has 0 aliphatic heterocycles. The highest BCUT2D eigenvalue weighted by Crippen LogP contribution is 2.15. The van der Waals surface area contributed by atoms with Gasteiger partial charge in [-0.25, -0.2) is 0 Å². The highest BCUT2D eigenvalue weighted by Gasteiger charge is 2.19. The Kier molecular flexibility index (Phi) is 34.5. The number of rotatable bonds is 33. The topological polar surface area (TPSA) is 69.6 Å². The molecule has 4 heteroatoms. The van der Waals surface area contributed by atoms with Gasteiger partial charge in [-0.2, -0.15) is 0 Å². The Bertz CT molecular complexity index is 711. The molecule has 0 fully saturated rings. The zero-order valence-electron chi connectivity index (χ0n) is 29.2. The number of amides is 1. The molecule has 0 aromatic heterocycles. The lowest BCUT2D eigenvalue weighted by Gasteiger charge is -2.22. The number of carbonyl (C=O) groups excluding carboxylic acids is 1. The van der Waals surface area contributed by atoms with Crippen molar-refractivity contribution in [1.82, 2.24) is 5.32 Å². The first-order valence-electron chi connectivity index (χ1n) is 18.8. The molecule has 0 heterocycles. The Labute approximate surface area is 274 Å². The number of aliphatic hydroxyl groups is 2. The fourth-order valence-electron chi connectivity index (χ4n) is 5.49. The maximum Gasteiger partial charge on any atom is 0.220 e. The van der Waals surface area contributed by atoms with Gasteiger partial charge in [-0.15, -0.1) is 0 Å². The largest absolute Gasteiger partial charge is 0.394 e. The van der Waals surface area contributed by atoms with Gasteiger partial charge in [0.05, 0.1) is 18.8 Å². The number of carbonyl (C=O) groups is 1. The van der Waals surface area contributed by atoms with Crippen LogP contribution in [0, 0.1) is 0 Å². The highest BCUT2D eigenvalue weighted by molar-refractivity contribution is 5.76. The molecule has 0 saturated heterocycles. The SMILES string of the molecule is CC/C=C\C/C=C\C/C=C\C/C=C\CCC(=O)NC(CO)C(O)CCCCCCCCCCCCCCCCCCCCC. The van der Waals surface area contributed by atoms with Crippen LogP contribution in [0.5, 0.6) is 0 Å². The minimum Gasteiger partial charge on any atom is -0.394 e. The maximum absolute atomic E-state index is 12.3. The third kappa shape index (κ3) is 31.8. The van der Waals surface area contributed by atoms with Crippen LogP contribution in [0.4, 0.5) is 0 Å². The first-order valence-corrected chi connectivity index (χ1v) is 18.8. The lowest BCUT2D eigenvalue weighted by atomic mass is 10.0. The Balaban J connectivity index is 3.62. The molecule has 0 aromatic rings. The lowest BCUT2D eigenvalue weighted by Crippen LogP contribution is -2.45. The summed E-state index contributed by atoms with van der Waals surface area (Å²) >= 11 is 0. The van der Waals surface area contributed by atoms with Gasteiger partial charge in [0.1, 0.15) is 0 Å². The van der Waals surface area contributed by atoms with E-state index in [0.29, 0.717) is 19.3 Å². The van der Waals surface area contributed by atoms with Crippen molar-refractivity contribution in [3.63, 3.8) is 0 Å². The number of aliphatic hydroxyl groups excluding tert-OH is 2. The van der Waals surface area contributed by atoms with Crippen LogP contribution in [-0.4, -0.2) is 34.9 Å². The van der Waals surface area contributed by atoms with Crippen molar-refractivity contribution < 1.29 is 15.0 Å². The average Bonchev–Trinajstić information content (AvgIpc) is 3.03. The van der Waals surface area contributed by atoms with Crippen molar-refractivity contribution in [1.29, 1.82) is 0 Å². The van der Waals surface area contributed by atoms with E-state index in [9.17, 15) is 15.0 Å². The Hall–Kier alpha value is -1.65. The molecular weight excluding hydrogens is 542 g/mol. The van der Waals surface area contributed by atoms with E-state index in [1.807, 2.05) is 6.08 Å². The van der Waals surface area contributed by atoms with E-state index in [4.69, 9.17) is 0 Å². The Morgan fingerprint density at radius 3 is 1.36 bits per heavy atom. The fourth-order valence-corrected chi connectivity index (χ4v) is 5.49. The molecule has 256 valence electrons. The molecule has 0 aromatic carbocycles. The first-order chi connectivity index (χ1) is 21.7. The summed E-state index contributed by atoms with van der Waals surface area (Å²) in [6.07, 6.45) is 47.6. The summed E-state index contributed by atoms with van der Waals surface area (Å²) in [7, 11) is 0. The van der Waals surface area contributed by atoms with Crippen molar-refractivity contribution in [2.45, 2.75) is 193 Å². The second-order valence-electron chi connectivity index (χ2n) is 12.6. The monoisotopic (exact) mass is 616 g/mol. The smallest absolute Gasteiger partial charge is 0.220 e. The summed E-state index contributed by atoms with van der Waals surface area (Å²) in [5.74, 6) is -0.112. The Morgan fingerprint density at radius 2 is 0.955 bits per heavy atom. The van der Waals surface area contributed by atoms with Crippen LogP contribution in [0.2, 0.25) is 0 Å². The fraction of sp³-hybridized carbons (Fsp3) is 0.775. The van der Waals surface area contributed by atoms with E-state index >= 15 is 0 Å². The van der Waals surface area contributed by atoms with E-state index in [1.54, 1.807) is 0 Å². The van der Waals surface area contributed by atoms with E-state index in [1.165, 1.54) is 109 Å². The summed E-state index contributed by atoms with van der Waals surface area (Å²) in [5.41, 5.74) is 0. The second kappa shape index (κ2) is 35.8. The van der Waals surface area contributed by atoms with Crippen molar-refractivity contribution in [3.05, 3.63) is 48.6 Å². The molecular formula is C40H73NO3. The van der Waals surface area contributed by atoms with Crippen LogP contribution >= 0.6 is 0 Å². The zero-order chi connectivity index (χ0) is 32.2. The molecule has 0 spiro atoms. The van der Waals surface area contributed by atoms with Gasteiger partial charge in [0.15, 0.2) is 0 Å². The molecule has 0 bridgehead atoms. The summed E-state index contributed by atoms with van der Waals surface area (Å²) in [6.45, 7) is 4.20. The third-order valence-corrected chi connectivity index (χ3v) is 8.37.